The zero-order valence-corrected chi connectivity index (χ0v) is 17.3. The third-order valence-electron chi connectivity index (χ3n) is 4.67. The van der Waals surface area contributed by atoms with Gasteiger partial charge in [-0.15, -0.1) is 0 Å². The van der Waals surface area contributed by atoms with Crippen molar-refractivity contribution in [3.8, 4) is 5.69 Å². The number of hydrogen-bond donors (Lipinski definition) is 2. The molecule has 2 N–H and O–H groups in total. The molecule has 1 aromatic heterocycles. The summed E-state index contributed by atoms with van der Waals surface area (Å²) in [5.74, 6) is 0.631. The van der Waals surface area contributed by atoms with Gasteiger partial charge in [-0.05, 0) is 30.7 Å². The monoisotopic (exact) mass is 426 g/mol. The van der Waals surface area contributed by atoms with Gasteiger partial charge in [0, 0.05) is 28.6 Å². The number of halogens is 1. The van der Waals surface area contributed by atoms with Crippen molar-refractivity contribution in [3.63, 3.8) is 0 Å². The number of carbonyl (C=O) groups excluding carboxylic acids is 2. The summed E-state index contributed by atoms with van der Waals surface area (Å²) in [4.78, 5) is 24.9. The lowest BCUT2D eigenvalue weighted by atomic mass is 10.2. The van der Waals surface area contributed by atoms with Gasteiger partial charge in [-0.2, -0.15) is 16.9 Å². The van der Waals surface area contributed by atoms with Crippen molar-refractivity contribution in [2.45, 2.75) is 25.0 Å². The van der Waals surface area contributed by atoms with Gasteiger partial charge in [-0.25, -0.2) is 4.68 Å². The van der Waals surface area contributed by atoms with Crippen molar-refractivity contribution in [1.29, 1.82) is 0 Å². The fraction of sp³-hybridized carbons (Fsp3) is 0.190. The number of nitrogens with one attached hydrogen (secondary N) is 2. The van der Waals surface area contributed by atoms with Gasteiger partial charge in [0.25, 0.3) is 0 Å². The SMILES string of the molecule is Cc1ccc(-n2nc3c(c2NC(=O)C(=O)NCc2ccccc2Cl)CSC3)cc1. The van der Waals surface area contributed by atoms with Gasteiger partial charge in [0.15, 0.2) is 0 Å². The van der Waals surface area contributed by atoms with E-state index in [9.17, 15) is 9.59 Å². The summed E-state index contributed by atoms with van der Waals surface area (Å²) in [6, 6.07) is 15.0. The lowest BCUT2D eigenvalue weighted by molar-refractivity contribution is -0.136. The normalized spacial score (nSPS) is 12.5. The smallest absolute Gasteiger partial charge is 0.314 e. The molecule has 0 radical (unpaired) electrons. The molecule has 0 aliphatic carbocycles. The minimum absolute atomic E-state index is 0.178. The van der Waals surface area contributed by atoms with E-state index in [4.69, 9.17) is 11.6 Å². The molecule has 0 saturated heterocycles. The molecular formula is C21H19ClN4O2S. The largest absolute Gasteiger partial charge is 0.344 e. The van der Waals surface area contributed by atoms with Crippen LogP contribution in [0.5, 0.6) is 0 Å². The zero-order chi connectivity index (χ0) is 20.4. The van der Waals surface area contributed by atoms with Crippen molar-refractivity contribution in [2.24, 2.45) is 0 Å². The predicted molar refractivity (Wildman–Crippen MR) is 115 cm³/mol. The summed E-state index contributed by atoms with van der Waals surface area (Å²) >= 11 is 7.83. The fourth-order valence-electron chi connectivity index (χ4n) is 3.08. The van der Waals surface area contributed by atoms with Crippen molar-refractivity contribution in [2.75, 3.05) is 5.32 Å². The number of hydrogen-bond acceptors (Lipinski definition) is 4. The number of fused-ring (bicyclic) bond motifs is 1. The van der Waals surface area contributed by atoms with Gasteiger partial charge in [-0.1, -0.05) is 47.5 Å². The maximum atomic E-state index is 12.6. The van der Waals surface area contributed by atoms with Crippen LogP contribution >= 0.6 is 23.4 Å². The second-order valence-electron chi connectivity index (χ2n) is 6.74. The molecule has 8 heteroatoms. The standard InChI is InChI=1S/C21H19ClN4O2S/c1-13-6-8-15(9-7-13)26-19(16-11-29-12-18(16)25-26)24-21(28)20(27)23-10-14-4-2-3-5-17(14)22/h2-9H,10-12H2,1H3,(H,23,27)(H,24,28). The highest BCUT2D eigenvalue weighted by molar-refractivity contribution is 7.98. The van der Waals surface area contributed by atoms with E-state index in [-0.39, 0.29) is 6.54 Å². The third kappa shape index (κ3) is 4.16. The van der Waals surface area contributed by atoms with Crippen molar-refractivity contribution < 1.29 is 9.59 Å². The van der Waals surface area contributed by atoms with Gasteiger partial charge < -0.3 is 10.6 Å². The number of thioether (sulfide) groups is 1. The first-order valence-corrected chi connectivity index (χ1v) is 10.6. The molecule has 1 aliphatic heterocycles. The number of nitrogens with zero attached hydrogens (tertiary/aromatic N) is 2. The zero-order valence-electron chi connectivity index (χ0n) is 15.7. The molecule has 0 saturated carbocycles. The maximum absolute atomic E-state index is 12.6. The molecular weight excluding hydrogens is 408 g/mol. The highest BCUT2D eigenvalue weighted by Crippen LogP contribution is 2.36. The molecule has 4 rings (SSSR count). The van der Waals surface area contributed by atoms with Gasteiger partial charge in [-0.3, -0.25) is 9.59 Å². The van der Waals surface area contributed by atoms with Crippen LogP contribution in [0.15, 0.2) is 48.5 Å². The Morgan fingerprint density at radius 1 is 1.10 bits per heavy atom. The van der Waals surface area contributed by atoms with Crippen LogP contribution in [-0.2, 0) is 27.6 Å². The van der Waals surface area contributed by atoms with Crippen LogP contribution in [0.2, 0.25) is 5.02 Å². The molecule has 0 unspecified atom stereocenters. The number of benzene rings is 2. The number of aromatic nitrogens is 2. The first kappa shape index (κ1) is 19.5. The van der Waals surface area contributed by atoms with Crippen LogP contribution < -0.4 is 10.6 Å². The number of rotatable bonds is 4. The number of aryl methyl sites for hydroxylation is 1. The van der Waals surface area contributed by atoms with E-state index in [2.05, 4.69) is 15.7 Å². The van der Waals surface area contributed by atoms with E-state index in [0.717, 1.165) is 39.6 Å². The van der Waals surface area contributed by atoms with Crippen LogP contribution in [0.1, 0.15) is 22.4 Å². The Hall–Kier alpha value is -2.77. The quantitative estimate of drug-likeness (QED) is 0.621. The number of anilines is 1. The Bertz CT molecular complexity index is 1080. The highest BCUT2D eigenvalue weighted by atomic mass is 35.5. The van der Waals surface area contributed by atoms with Crippen LogP contribution in [0.25, 0.3) is 5.69 Å². The summed E-state index contributed by atoms with van der Waals surface area (Å²) in [7, 11) is 0. The van der Waals surface area contributed by atoms with E-state index < -0.39 is 11.8 Å². The Morgan fingerprint density at radius 3 is 2.62 bits per heavy atom. The summed E-state index contributed by atoms with van der Waals surface area (Å²) in [5.41, 5.74) is 4.61. The summed E-state index contributed by atoms with van der Waals surface area (Å²) in [6.07, 6.45) is 0. The van der Waals surface area contributed by atoms with E-state index in [1.165, 1.54) is 0 Å². The number of amides is 2. The van der Waals surface area contributed by atoms with Crippen LogP contribution in [0.4, 0.5) is 5.82 Å². The lowest BCUT2D eigenvalue weighted by Gasteiger charge is -2.11. The Labute approximate surface area is 177 Å². The first-order chi connectivity index (χ1) is 14.0. The minimum Gasteiger partial charge on any atom is -0.344 e. The first-order valence-electron chi connectivity index (χ1n) is 9.11. The molecule has 2 aromatic carbocycles. The molecule has 29 heavy (non-hydrogen) atoms. The van der Waals surface area contributed by atoms with Crippen LogP contribution in [0, 0.1) is 6.92 Å². The molecule has 148 valence electrons. The molecule has 1 aliphatic rings. The van der Waals surface area contributed by atoms with E-state index in [0.29, 0.717) is 10.8 Å². The molecule has 6 nitrogen and oxygen atoms in total. The Morgan fingerprint density at radius 2 is 1.86 bits per heavy atom. The second-order valence-corrected chi connectivity index (χ2v) is 8.14. The molecule has 2 heterocycles. The van der Waals surface area contributed by atoms with Gasteiger partial charge in [0.05, 0.1) is 11.4 Å². The average molecular weight is 427 g/mol. The fourth-order valence-corrected chi connectivity index (χ4v) is 4.31. The van der Waals surface area contributed by atoms with Gasteiger partial charge in [0.2, 0.25) is 0 Å². The molecule has 2 amide bonds. The van der Waals surface area contributed by atoms with Crippen LogP contribution in [-0.4, -0.2) is 21.6 Å². The van der Waals surface area contributed by atoms with Gasteiger partial charge >= 0.3 is 11.8 Å². The third-order valence-corrected chi connectivity index (χ3v) is 6.00. The molecule has 0 bridgehead atoms. The van der Waals surface area contributed by atoms with Crippen molar-refractivity contribution >= 4 is 41.0 Å². The summed E-state index contributed by atoms with van der Waals surface area (Å²) in [5, 5.41) is 10.6. The Kier molecular flexibility index (Phi) is 5.60. The summed E-state index contributed by atoms with van der Waals surface area (Å²) < 4.78 is 1.70. The summed E-state index contributed by atoms with van der Waals surface area (Å²) in [6.45, 7) is 2.19. The minimum atomic E-state index is -0.731. The molecule has 3 aromatic rings. The molecule has 0 spiro atoms. The Balaban J connectivity index is 1.52. The van der Waals surface area contributed by atoms with E-state index in [1.54, 1.807) is 28.6 Å². The predicted octanol–water partition coefficient (Wildman–Crippen LogP) is 3.84. The van der Waals surface area contributed by atoms with E-state index in [1.807, 2.05) is 43.3 Å². The molecule has 0 atom stereocenters. The maximum Gasteiger partial charge on any atom is 0.314 e. The molecule has 0 fully saturated rings. The van der Waals surface area contributed by atoms with Crippen molar-refractivity contribution in [3.05, 3.63) is 75.9 Å². The second kappa shape index (κ2) is 8.31. The highest BCUT2D eigenvalue weighted by Gasteiger charge is 2.26. The number of carbonyl (C=O) groups is 2. The van der Waals surface area contributed by atoms with E-state index >= 15 is 0 Å². The lowest BCUT2D eigenvalue weighted by Crippen LogP contribution is -2.35. The average Bonchev–Trinajstić information content (AvgIpc) is 3.30. The van der Waals surface area contributed by atoms with Crippen molar-refractivity contribution in [1.82, 2.24) is 15.1 Å². The van der Waals surface area contributed by atoms with Gasteiger partial charge in [0.1, 0.15) is 5.82 Å². The topological polar surface area (TPSA) is 76.0 Å². The van der Waals surface area contributed by atoms with Crippen LogP contribution in [0.3, 0.4) is 0 Å².